The lowest BCUT2D eigenvalue weighted by molar-refractivity contribution is -0.384. The topological polar surface area (TPSA) is 72.2 Å². The highest BCUT2D eigenvalue weighted by Crippen LogP contribution is 2.20. The summed E-state index contributed by atoms with van der Waals surface area (Å²) in [5.74, 6) is 0. The maximum absolute atomic E-state index is 10.3. The summed E-state index contributed by atoms with van der Waals surface area (Å²) in [6, 6.07) is 4.73. The molecule has 1 aromatic rings. The van der Waals surface area contributed by atoms with Gasteiger partial charge in [0.2, 0.25) is 0 Å². The molecule has 0 aliphatic heterocycles. The van der Waals surface area contributed by atoms with E-state index in [1.54, 1.807) is 19.2 Å². The number of hydrogen-bond acceptors (Lipinski definition) is 4. The average molecular weight is 331 g/mol. The largest absolute Gasteiger partial charge is 0.388 e. The number of halogens is 1. The monoisotopic (exact) mass is 330 g/mol. The fraction of sp³-hybridized carbons (Fsp3) is 0.462. The molecule has 0 bridgehead atoms. The average Bonchev–Trinajstić information content (AvgIpc) is 2.40. The Hall–Kier alpha value is -1.43. The first kappa shape index (κ1) is 17.6. The van der Waals surface area contributed by atoms with Gasteiger partial charge in [0.1, 0.15) is 6.29 Å². The van der Waals surface area contributed by atoms with Gasteiger partial charge in [-0.3, -0.25) is 10.1 Å². The summed E-state index contributed by atoms with van der Waals surface area (Å²) in [4.78, 5) is 19.6. The summed E-state index contributed by atoms with van der Waals surface area (Å²) in [7, 11) is 1.79. The third-order valence-corrected chi connectivity index (χ3v) is 2.96. The van der Waals surface area contributed by atoms with E-state index in [2.05, 4.69) is 21.2 Å². The zero-order chi connectivity index (χ0) is 14.7. The summed E-state index contributed by atoms with van der Waals surface area (Å²) in [5.41, 5.74) is 1.93. The van der Waals surface area contributed by atoms with Crippen molar-refractivity contribution in [2.75, 3.05) is 17.7 Å². The number of benzene rings is 1. The van der Waals surface area contributed by atoms with Gasteiger partial charge in [-0.25, -0.2) is 0 Å². The normalized spacial score (nSPS) is 9.21. The molecule has 0 saturated carbocycles. The number of nitro benzene ring substituents is 1. The first-order chi connectivity index (χ1) is 9.06. The van der Waals surface area contributed by atoms with E-state index in [9.17, 15) is 14.9 Å². The minimum absolute atomic E-state index is 0.131. The van der Waals surface area contributed by atoms with E-state index in [1.165, 1.54) is 6.07 Å². The smallest absolute Gasteiger partial charge is 0.269 e. The molecule has 0 atom stereocenters. The molecule has 5 nitrogen and oxygen atoms in total. The summed E-state index contributed by atoms with van der Waals surface area (Å²) >= 11 is 3.26. The number of alkyl halides is 1. The van der Waals surface area contributed by atoms with Gasteiger partial charge in [-0.2, -0.15) is 0 Å². The molecule has 0 aromatic heterocycles. The van der Waals surface area contributed by atoms with E-state index in [0.29, 0.717) is 6.42 Å². The molecule has 0 aliphatic carbocycles. The summed E-state index contributed by atoms with van der Waals surface area (Å²) in [5, 5.41) is 14.3. The van der Waals surface area contributed by atoms with Crippen LogP contribution < -0.4 is 5.32 Å². The number of nitrogens with one attached hydrogen (secondary N) is 1. The number of carbonyl (C=O) groups is 1. The van der Waals surface area contributed by atoms with Crippen LogP contribution in [-0.2, 0) is 4.79 Å². The van der Waals surface area contributed by atoms with E-state index in [1.807, 2.05) is 6.92 Å². The molecule has 0 saturated heterocycles. The van der Waals surface area contributed by atoms with E-state index < -0.39 is 4.92 Å². The minimum Gasteiger partial charge on any atom is -0.388 e. The Balaban J connectivity index is 0.000000399. The summed E-state index contributed by atoms with van der Waals surface area (Å²) < 4.78 is 0. The second-order valence-electron chi connectivity index (χ2n) is 3.86. The first-order valence-electron chi connectivity index (χ1n) is 5.99. The SMILES string of the molecule is CNc1ccc([N+](=O)[O-])cc1C.O=CCCCCBr. The molecule has 1 rings (SSSR count). The van der Waals surface area contributed by atoms with Crippen LogP contribution in [0.3, 0.4) is 0 Å². The van der Waals surface area contributed by atoms with E-state index in [0.717, 1.165) is 35.7 Å². The lowest BCUT2D eigenvalue weighted by atomic mass is 10.2. The lowest BCUT2D eigenvalue weighted by Crippen LogP contribution is -1.93. The number of nitro groups is 1. The molecule has 0 fully saturated rings. The molecule has 1 aromatic carbocycles. The fourth-order valence-electron chi connectivity index (χ4n) is 1.36. The number of aryl methyl sites for hydroxylation is 1. The van der Waals surface area contributed by atoms with Crippen molar-refractivity contribution < 1.29 is 9.72 Å². The van der Waals surface area contributed by atoms with Crippen LogP contribution in [0.15, 0.2) is 18.2 Å². The fourth-order valence-corrected chi connectivity index (χ4v) is 1.76. The number of aldehydes is 1. The van der Waals surface area contributed by atoms with Crippen LogP contribution in [-0.4, -0.2) is 23.6 Å². The lowest BCUT2D eigenvalue weighted by Gasteiger charge is -2.02. The van der Waals surface area contributed by atoms with Crippen LogP contribution in [0.25, 0.3) is 0 Å². The van der Waals surface area contributed by atoms with Crippen LogP contribution in [0.5, 0.6) is 0 Å². The van der Waals surface area contributed by atoms with Gasteiger partial charge in [0.05, 0.1) is 4.92 Å². The van der Waals surface area contributed by atoms with Gasteiger partial charge < -0.3 is 10.1 Å². The summed E-state index contributed by atoms with van der Waals surface area (Å²) in [6.07, 6.45) is 3.81. The predicted octanol–water partition coefficient (Wildman–Crippen LogP) is 3.70. The highest BCUT2D eigenvalue weighted by molar-refractivity contribution is 9.09. The third-order valence-electron chi connectivity index (χ3n) is 2.40. The van der Waals surface area contributed by atoms with Crippen molar-refractivity contribution in [2.45, 2.75) is 26.2 Å². The van der Waals surface area contributed by atoms with Crippen molar-refractivity contribution in [2.24, 2.45) is 0 Å². The minimum atomic E-state index is -0.396. The van der Waals surface area contributed by atoms with E-state index in [4.69, 9.17) is 0 Å². The quantitative estimate of drug-likeness (QED) is 0.284. The van der Waals surface area contributed by atoms with Crippen LogP contribution in [0, 0.1) is 17.0 Å². The maximum Gasteiger partial charge on any atom is 0.269 e. The molecule has 0 amide bonds. The second kappa shape index (κ2) is 10.5. The Morgan fingerprint density at radius 3 is 2.53 bits per heavy atom. The van der Waals surface area contributed by atoms with Crippen LogP contribution in [0.2, 0.25) is 0 Å². The van der Waals surface area contributed by atoms with Crippen molar-refractivity contribution in [3.63, 3.8) is 0 Å². The Bertz CT molecular complexity index is 411. The third kappa shape index (κ3) is 7.56. The number of rotatable bonds is 6. The van der Waals surface area contributed by atoms with Crippen molar-refractivity contribution in [3.05, 3.63) is 33.9 Å². The van der Waals surface area contributed by atoms with Gasteiger partial charge in [-0.1, -0.05) is 15.9 Å². The first-order valence-corrected chi connectivity index (χ1v) is 7.11. The molecule has 0 spiro atoms. The molecule has 0 heterocycles. The number of carbonyl (C=O) groups excluding carboxylic acids is 1. The zero-order valence-corrected chi connectivity index (χ0v) is 12.8. The van der Waals surface area contributed by atoms with Gasteiger partial charge in [-0.15, -0.1) is 0 Å². The van der Waals surface area contributed by atoms with Gasteiger partial charge in [0, 0.05) is 36.6 Å². The molecule has 6 heteroatoms. The molecule has 106 valence electrons. The zero-order valence-electron chi connectivity index (χ0n) is 11.2. The molecule has 0 radical (unpaired) electrons. The van der Waals surface area contributed by atoms with Gasteiger partial charge in [0.15, 0.2) is 0 Å². The van der Waals surface area contributed by atoms with Gasteiger partial charge in [0.25, 0.3) is 5.69 Å². The molecule has 1 N–H and O–H groups in total. The van der Waals surface area contributed by atoms with Crippen LogP contribution in [0.1, 0.15) is 24.8 Å². The Morgan fingerprint density at radius 2 is 2.11 bits per heavy atom. The molecule has 19 heavy (non-hydrogen) atoms. The number of nitrogens with zero attached hydrogens (tertiary/aromatic N) is 1. The summed E-state index contributed by atoms with van der Waals surface area (Å²) in [6.45, 7) is 1.83. The van der Waals surface area contributed by atoms with Crippen molar-refractivity contribution >= 4 is 33.6 Å². The highest BCUT2D eigenvalue weighted by atomic mass is 79.9. The number of unbranched alkanes of at least 4 members (excludes halogenated alkanes) is 2. The molecule has 0 aliphatic rings. The Morgan fingerprint density at radius 1 is 1.42 bits per heavy atom. The van der Waals surface area contributed by atoms with E-state index in [-0.39, 0.29) is 5.69 Å². The highest BCUT2D eigenvalue weighted by Gasteiger charge is 2.06. The Labute approximate surface area is 121 Å². The molecule has 0 unspecified atom stereocenters. The van der Waals surface area contributed by atoms with Crippen LogP contribution >= 0.6 is 15.9 Å². The van der Waals surface area contributed by atoms with Crippen molar-refractivity contribution in [1.29, 1.82) is 0 Å². The van der Waals surface area contributed by atoms with Gasteiger partial charge >= 0.3 is 0 Å². The number of non-ortho nitro benzene ring substituents is 1. The van der Waals surface area contributed by atoms with E-state index >= 15 is 0 Å². The van der Waals surface area contributed by atoms with Crippen molar-refractivity contribution in [3.8, 4) is 0 Å². The van der Waals surface area contributed by atoms with Gasteiger partial charge in [-0.05, 0) is 31.4 Å². The molecular formula is C13H19BrN2O3. The standard InChI is InChI=1S/C8H10N2O2.C5H9BrO/c1-6-5-7(10(11)12)3-4-8(6)9-2;6-4-2-1-3-5-7/h3-5,9H,1-2H3;5H,1-4H2. The Kier molecular flexibility index (Phi) is 9.70. The maximum atomic E-state index is 10.3. The number of hydrogen-bond donors (Lipinski definition) is 1. The molecular weight excluding hydrogens is 312 g/mol. The number of anilines is 1. The predicted molar refractivity (Wildman–Crippen MR) is 81.1 cm³/mol. The van der Waals surface area contributed by atoms with Crippen LogP contribution in [0.4, 0.5) is 11.4 Å². The van der Waals surface area contributed by atoms with Crippen molar-refractivity contribution in [1.82, 2.24) is 0 Å². The second-order valence-corrected chi connectivity index (χ2v) is 4.65.